The van der Waals surface area contributed by atoms with Gasteiger partial charge in [0.05, 0.1) is 0 Å². The van der Waals surface area contributed by atoms with E-state index >= 15 is 0 Å². The van der Waals surface area contributed by atoms with Gasteiger partial charge in [0, 0.05) is 6.54 Å². The van der Waals surface area contributed by atoms with E-state index in [4.69, 9.17) is 0 Å². The number of allylic oxidation sites excluding steroid dienone is 1. The lowest BCUT2D eigenvalue weighted by Gasteiger charge is -2.11. The normalized spacial score (nSPS) is 10.0. The van der Waals surface area contributed by atoms with Crippen LogP contribution in [0.25, 0.3) is 0 Å². The molecule has 0 amide bonds. The van der Waals surface area contributed by atoms with Crippen LogP contribution in [-0.4, -0.2) is 11.4 Å². The summed E-state index contributed by atoms with van der Waals surface area (Å²) in [4.78, 5) is 2.07. The van der Waals surface area contributed by atoms with Gasteiger partial charge in [-0.15, -0.1) is 0 Å². The smallest absolute Gasteiger partial charge is 0.0216 e. The Bertz CT molecular complexity index is 94.7. The van der Waals surface area contributed by atoms with Gasteiger partial charge in [0.2, 0.25) is 0 Å². The second kappa shape index (κ2) is 5.42. The Hall–Kier alpha value is -0.720. The molecule has 0 bridgehead atoms. The highest BCUT2D eigenvalue weighted by molar-refractivity contribution is 4.84. The van der Waals surface area contributed by atoms with E-state index in [0.717, 1.165) is 13.0 Å². The number of hydrogen-bond acceptors (Lipinski definition) is 1. The summed E-state index contributed by atoms with van der Waals surface area (Å²) < 4.78 is 0. The molecular weight excluding hydrogens is 110 g/mol. The lowest BCUT2D eigenvalue weighted by atomic mass is 10.4. The average molecular weight is 125 g/mol. The Morgan fingerprint density at radius 3 is 2.56 bits per heavy atom. The zero-order chi connectivity index (χ0) is 7.11. The average Bonchev–Trinajstić information content (AvgIpc) is 1.88. The van der Waals surface area contributed by atoms with E-state index in [1.54, 1.807) is 0 Å². The molecule has 0 fully saturated rings. The van der Waals surface area contributed by atoms with Gasteiger partial charge in [-0.25, -0.2) is 0 Å². The minimum Gasteiger partial charge on any atom is -0.355 e. The van der Waals surface area contributed by atoms with Gasteiger partial charge in [0.25, 0.3) is 0 Å². The lowest BCUT2D eigenvalue weighted by molar-refractivity contribution is 0.502. The molecule has 0 unspecified atom stereocenters. The molecule has 0 aliphatic heterocycles. The molecule has 0 N–H and O–H groups in total. The van der Waals surface area contributed by atoms with Crippen LogP contribution < -0.4 is 0 Å². The largest absolute Gasteiger partial charge is 0.355 e. The SMILES string of the molecule is C=CN(/C=C\C)CCC. The van der Waals surface area contributed by atoms with Crippen LogP contribution in [0.4, 0.5) is 0 Å². The highest BCUT2D eigenvalue weighted by Crippen LogP contribution is 1.91. The van der Waals surface area contributed by atoms with Crippen molar-refractivity contribution < 1.29 is 0 Å². The van der Waals surface area contributed by atoms with Crippen molar-refractivity contribution in [3.8, 4) is 0 Å². The van der Waals surface area contributed by atoms with E-state index < -0.39 is 0 Å². The van der Waals surface area contributed by atoms with Gasteiger partial charge in [0.1, 0.15) is 0 Å². The zero-order valence-electron chi connectivity index (χ0n) is 6.30. The van der Waals surface area contributed by atoms with Crippen LogP contribution in [-0.2, 0) is 0 Å². The van der Waals surface area contributed by atoms with Crippen LogP contribution in [0.5, 0.6) is 0 Å². The molecular formula is C8H15N. The van der Waals surface area contributed by atoms with E-state index in [-0.39, 0.29) is 0 Å². The Morgan fingerprint density at radius 1 is 1.56 bits per heavy atom. The van der Waals surface area contributed by atoms with Gasteiger partial charge in [-0.1, -0.05) is 19.6 Å². The van der Waals surface area contributed by atoms with Crippen molar-refractivity contribution in [1.29, 1.82) is 0 Å². The molecule has 0 radical (unpaired) electrons. The van der Waals surface area contributed by atoms with Crippen molar-refractivity contribution in [2.75, 3.05) is 6.54 Å². The number of hydrogen-bond donors (Lipinski definition) is 0. The highest BCUT2D eigenvalue weighted by Gasteiger charge is 1.86. The molecule has 0 aliphatic rings. The van der Waals surface area contributed by atoms with E-state index in [0.29, 0.717) is 0 Å². The van der Waals surface area contributed by atoms with Gasteiger partial charge in [-0.3, -0.25) is 0 Å². The molecule has 9 heavy (non-hydrogen) atoms. The molecule has 52 valence electrons. The summed E-state index contributed by atoms with van der Waals surface area (Å²) in [6, 6.07) is 0. The Labute approximate surface area is 57.7 Å². The first kappa shape index (κ1) is 8.28. The molecule has 0 atom stereocenters. The maximum Gasteiger partial charge on any atom is 0.0216 e. The van der Waals surface area contributed by atoms with Crippen molar-refractivity contribution in [2.45, 2.75) is 20.3 Å². The predicted octanol–water partition coefficient (Wildman–Crippen LogP) is 2.38. The van der Waals surface area contributed by atoms with Gasteiger partial charge < -0.3 is 4.90 Å². The van der Waals surface area contributed by atoms with Crippen molar-refractivity contribution in [3.63, 3.8) is 0 Å². The lowest BCUT2D eigenvalue weighted by Crippen LogP contribution is -2.08. The van der Waals surface area contributed by atoms with E-state index in [2.05, 4.69) is 18.4 Å². The Kier molecular flexibility index (Phi) is 4.98. The third-order valence-corrected chi connectivity index (χ3v) is 1.06. The number of nitrogens with zero attached hydrogens (tertiary/aromatic N) is 1. The van der Waals surface area contributed by atoms with Crippen LogP contribution >= 0.6 is 0 Å². The Balaban J connectivity index is 3.53. The second-order valence-electron chi connectivity index (χ2n) is 1.90. The van der Waals surface area contributed by atoms with Gasteiger partial charge in [0.15, 0.2) is 0 Å². The minimum absolute atomic E-state index is 1.06. The molecule has 0 aromatic heterocycles. The summed E-state index contributed by atoms with van der Waals surface area (Å²) in [5, 5.41) is 0. The van der Waals surface area contributed by atoms with Crippen LogP contribution in [0.15, 0.2) is 25.1 Å². The maximum absolute atomic E-state index is 3.67. The van der Waals surface area contributed by atoms with E-state index in [1.165, 1.54) is 0 Å². The van der Waals surface area contributed by atoms with Crippen LogP contribution in [0.2, 0.25) is 0 Å². The third-order valence-electron chi connectivity index (χ3n) is 1.06. The van der Waals surface area contributed by atoms with Crippen LogP contribution in [0.1, 0.15) is 20.3 Å². The molecule has 1 heteroatoms. The summed E-state index contributed by atoms with van der Waals surface area (Å²) in [6.07, 6.45) is 7.04. The first-order valence-electron chi connectivity index (χ1n) is 3.36. The topological polar surface area (TPSA) is 3.24 Å². The van der Waals surface area contributed by atoms with Gasteiger partial charge in [-0.05, 0) is 25.7 Å². The number of rotatable bonds is 4. The van der Waals surface area contributed by atoms with Gasteiger partial charge in [-0.2, -0.15) is 0 Å². The minimum atomic E-state index is 1.06. The van der Waals surface area contributed by atoms with Crippen LogP contribution in [0, 0.1) is 0 Å². The monoisotopic (exact) mass is 125 g/mol. The molecule has 0 heterocycles. The molecule has 0 spiro atoms. The molecule has 0 saturated heterocycles. The quantitative estimate of drug-likeness (QED) is 0.557. The van der Waals surface area contributed by atoms with Gasteiger partial charge >= 0.3 is 0 Å². The van der Waals surface area contributed by atoms with Crippen molar-refractivity contribution in [3.05, 3.63) is 25.1 Å². The molecule has 0 saturated carbocycles. The molecule has 1 nitrogen and oxygen atoms in total. The third kappa shape index (κ3) is 3.83. The first-order chi connectivity index (χ1) is 4.35. The van der Waals surface area contributed by atoms with E-state index in [1.807, 2.05) is 25.4 Å². The summed E-state index contributed by atoms with van der Waals surface area (Å²) >= 11 is 0. The summed E-state index contributed by atoms with van der Waals surface area (Å²) in [7, 11) is 0. The highest BCUT2D eigenvalue weighted by atomic mass is 15.1. The first-order valence-corrected chi connectivity index (χ1v) is 3.36. The van der Waals surface area contributed by atoms with Crippen molar-refractivity contribution >= 4 is 0 Å². The predicted molar refractivity (Wildman–Crippen MR) is 42.0 cm³/mol. The fourth-order valence-corrected chi connectivity index (χ4v) is 0.676. The van der Waals surface area contributed by atoms with E-state index in [9.17, 15) is 0 Å². The van der Waals surface area contributed by atoms with Crippen molar-refractivity contribution in [2.24, 2.45) is 0 Å². The summed E-state index contributed by atoms with van der Waals surface area (Å²) in [6.45, 7) is 8.90. The maximum atomic E-state index is 3.67. The second-order valence-corrected chi connectivity index (χ2v) is 1.90. The molecule has 0 aromatic rings. The standard InChI is InChI=1S/C8H15N/c1-4-7-9(6-3)8-5-2/h4,6-7H,3,5,8H2,1-2H3/b7-4-. The molecule has 0 aliphatic carbocycles. The fourth-order valence-electron chi connectivity index (χ4n) is 0.676. The Morgan fingerprint density at radius 2 is 2.22 bits per heavy atom. The van der Waals surface area contributed by atoms with Crippen LogP contribution in [0.3, 0.4) is 0 Å². The summed E-state index contributed by atoms with van der Waals surface area (Å²) in [5.41, 5.74) is 0. The molecule has 0 rings (SSSR count). The van der Waals surface area contributed by atoms with Crippen molar-refractivity contribution in [1.82, 2.24) is 4.90 Å². The zero-order valence-corrected chi connectivity index (χ0v) is 6.30. The molecule has 0 aromatic carbocycles. The summed E-state index contributed by atoms with van der Waals surface area (Å²) in [5.74, 6) is 0. The fraction of sp³-hybridized carbons (Fsp3) is 0.500.